The molecule has 3 N–H and O–H groups in total. The molecule has 3 atom stereocenters. The van der Waals surface area contributed by atoms with E-state index < -0.39 is 5.97 Å². The Hall–Kier alpha value is -2.13. The number of nitrogens with two attached hydrogens (primary N) is 1. The number of carboxylic acid groups (broad SMARTS) is 1. The van der Waals surface area contributed by atoms with E-state index in [1.807, 2.05) is 39.0 Å². The van der Waals surface area contributed by atoms with Gasteiger partial charge in [-0.2, -0.15) is 0 Å². The van der Waals surface area contributed by atoms with Gasteiger partial charge in [0.25, 0.3) is 0 Å². The van der Waals surface area contributed by atoms with Crippen molar-refractivity contribution in [2.45, 2.75) is 53.0 Å². The molecule has 0 spiro atoms. The van der Waals surface area contributed by atoms with Gasteiger partial charge in [0.2, 0.25) is 0 Å². The predicted octanol–water partition coefficient (Wildman–Crippen LogP) is 5.91. The van der Waals surface area contributed by atoms with Gasteiger partial charge >= 0.3 is 5.97 Å². The van der Waals surface area contributed by atoms with Crippen LogP contribution in [0.25, 0.3) is 0 Å². The minimum Gasteiger partial charge on any atom is -0.478 e. The van der Waals surface area contributed by atoms with Gasteiger partial charge in [-0.05, 0) is 67.4 Å². The van der Waals surface area contributed by atoms with Gasteiger partial charge in [-0.25, -0.2) is 4.79 Å². The fourth-order valence-electron chi connectivity index (χ4n) is 3.74. The van der Waals surface area contributed by atoms with E-state index in [9.17, 15) is 4.79 Å². The van der Waals surface area contributed by atoms with Gasteiger partial charge in [-0.1, -0.05) is 57.2 Å². The molecule has 0 saturated heterocycles. The Balaban J connectivity index is 0.00000163. The molecule has 1 fully saturated rings. The van der Waals surface area contributed by atoms with Crippen LogP contribution in [0, 0.1) is 11.8 Å². The standard InChI is InChI=1S/C21H27NO2.C2H6/c1-4-7-17(14(3)5-2)18-8-6-9-19(18)20(22)15-10-12-16(13-11-15)21(23)24;1-2/h4-5,7,10-13,18-20H,2,6,8-9,22H2,1,3H3,(H,23,24);1-2H3/b7-4-,17-14+;. The summed E-state index contributed by atoms with van der Waals surface area (Å²) >= 11 is 0. The van der Waals surface area contributed by atoms with Gasteiger partial charge in [-0.15, -0.1) is 0 Å². The maximum Gasteiger partial charge on any atom is 0.335 e. The summed E-state index contributed by atoms with van der Waals surface area (Å²) < 4.78 is 0. The van der Waals surface area contributed by atoms with E-state index in [-0.39, 0.29) is 6.04 Å². The molecule has 0 amide bonds. The Morgan fingerprint density at radius 1 is 1.27 bits per heavy atom. The molecule has 3 unspecified atom stereocenters. The molecule has 0 aliphatic heterocycles. The van der Waals surface area contributed by atoms with Crippen LogP contribution in [-0.2, 0) is 0 Å². The maximum atomic E-state index is 11.0. The lowest BCUT2D eigenvalue weighted by atomic mass is 9.79. The first-order valence-corrected chi connectivity index (χ1v) is 9.54. The molecule has 2 rings (SSSR count). The van der Waals surface area contributed by atoms with Crippen molar-refractivity contribution in [3.8, 4) is 0 Å². The molecule has 1 aromatic carbocycles. The van der Waals surface area contributed by atoms with Crippen molar-refractivity contribution in [2.75, 3.05) is 0 Å². The number of rotatable bonds is 6. The lowest BCUT2D eigenvalue weighted by Crippen LogP contribution is -2.25. The second kappa shape index (κ2) is 10.8. The van der Waals surface area contributed by atoms with E-state index in [0.29, 0.717) is 17.4 Å². The molecule has 0 radical (unpaired) electrons. The quantitative estimate of drug-likeness (QED) is 0.624. The first-order chi connectivity index (χ1) is 12.5. The van der Waals surface area contributed by atoms with E-state index >= 15 is 0 Å². The third-order valence-electron chi connectivity index (χ3n) is 5.08. The summed E-state index contributed by atoms with van der Waals surface area (Å²) in [6, 6.07) is 6.89. The van der Waals surface area contributed by atoms with Crippen LogP contribution in [0.5, 0.6) is 0 Å². The van der Waals surface area contributed by atoms with Crippen molar-refractivity contribution < 1.29 is 9.90 Å². The summed E-state index contributed by atoms with van der Waals surface area (Å²) in [5.41, 5.74) is 10.4. The number of hydrogen-bond donors (Lipinski definition) is 2. The zero-order valence-electron chi connectivity index (χ0n) is 16.5. The zero-order valence-corrected chi connectivity index (χ0v) is 16.5. The highest BCUT2D eigenvalue weighted by Crippen LogP contribution is 2.44. The lowest BCUT2D eigenvalue weighted by molar-refractivity contribution is 0.0697. The van der Waals surface area contributed by atoms with Crippen LogP contribution in [0.2, 0.25) is 0 Å². The first kappa shape index (κ1) is 21.9. The Morgan fingerprint density at radius 2 is 1.88 bits per heavy atom. The Bertz CT molecular complexity index is 655. The van der Waals surface area contributed by atoms with E-state index in [1.165, 1.54) is 17.6 Å². The van der Waals surface area contributed by atoms with E-state index in [0.717, 1.165) is 18.4 Å². The highest BCUT2D eigenvalue weighted by atomic mass is 16.4. The van der Waals surface area contributed by atoms with Crippen LogP contribution in [0.4, 0.5) is 0 Å². The SMILES string of the molecule is C=C/C(C)=C(\C=C/C)C1CCCC1C(N)c1ccc(C(=O)O)cc1.CC. The van der Waals surface area contributed by atoms with Gasteiger partial charge in [0.05, 0.1) is 5.56 Å². The number of carbonyl (C=O) groups is 1. The van der Waals surface area contributed by atoms with Crippen LogP contribution in [0.3, 0.4) is 0 Å². The average Bonchev–Trinajstić information content (AvgIpc) is 3.15. The van der Waals surface area contributed by atoms with Crippen LogP contribution >= 0.6 is 0 Å². The molecule has 3 nitrogen and oxygen atoms in total. The number of benzene rings is 1. The van der Waals surface area contributed by atoms with Crippen molar-refractivity contribution >= 4 is 5.97 Å². The Labute approximate surface area is 158 Å². The second-order valence-electron chi connectivity index (χ2n) is 6.50. The summed E-state index contributed by atoms with van der Waals surface area (Å²) in [6.45, 7) is 12.0. The molecule has 0 bridgehead atoms. The molecular weight excluding hydrogens is 322 g/mol. The van der Waals surface area contributed by atoms with Gasteiger partial charge < -0.3 is 10.8 Å². The largest absolute Gasteiger partial charge is 0.478 e. The summed E-state index contributed by atoms with van der Waals surface area (Å²) in [4.78, 5) is 11.0. The van der Waals surface area contributed by atoms with E-state index in [2.05, 4.69) is 25.7 Å². The normalized spacial score (nSPS) is 21.6. The summed E-state index contributed by atoms with van der Waals surface area (Å²) in [5.74, 6) is -0.121. The molecule has 1 aromatic rings. The summed E-state index contributed by atoms with van der Waals surface area (Å²) in [6.07, 6.45) is 9.57. The first-order valence-electron chi connectivity index (χ1n) is 9.54. The second-order valence-corrected chi connectivity index (χ2v) is 6.50. The highest BCUT2D eigenvalue weighted by Gasteiger charge is 2.34. The van der Waals surface area contributed by atoms with Gasteiger partial charge in [0, 0.05) is 6.04 Å². The monoisotopic (exact) mass is 355 g/mol. The maximum absolute atomic E-state index is 11.0. The average molecular weight is 356 g/mol. The zero-order chi connectivity index (χ0) is 19.7. The van der Waals surface area contributed by atoms with Crippen molar-refractivity contribution in [1.82, 2.24) is 0 Å². The van der Waals surface area contributed by atoms with E-state index in [4.69, 9.17) is 10.8 Å². The fraction of sp³-hybridized carbons (Fsp3) is 0.435. The van der Waals surface area contributed by atoms with Crippen LogP contribution < -0.4 is 5.73 Å². The molecule has 142 valence electrons. The van der Waals surface area contributed by atoms with Gasteiger partial charge in [0.15, 0.2) is 0 Å². The van der Waals surface area contributed by atoms with Crippen molar-refractivity contribution in [3.63, 3.8) is 0 Å². The molecule has 1 aliphatic carbocycles. The lowest BCUT2D eigenvalue weighted by Gasteiger charge is -2.28. The number of hydrogen-bond acceptors (Lipinski definition) is 2. The molecule has 0 heterocycles. The third kappa shape index (κ3) is 5.18. The molecule has 26 heavy (non-hydrogen) atoms. The molecule has 1 aliphatic rings. The van der Waals surface area contributed by atoms with Crippen molar-refractivity contribution in [2.24, 2.45) is 17.6 Å². The number of aromatic carboxylic acids is 1. The molecule has 0 aromatic heterocycles. The summed E-state index contributed by atoms with van der Waals surface area (Å²) in [5, 5.41) is 9.03. The van der Waals surface area contributed by atoms with Gasteiger partial charge in [-0.3, -0.25) is 0 Å². The van der Waals surface area contributed by atoms with Gasteiger partial charge in [0.1, 0.15) is 0 Å². The van der Waals surface area contributed by atoms with Crippen LogP contribution in [0.1, 0.15) is 68.9 Å². The molecular formula is C23H33NO2. The molecule has 3 heteroatoms. The van der Waals surface area contributed by atoms with Crippen LogP contribution in [0.15, 0.2) is 60.2 Å². The van der Waals surface area contributed by atoms with Crippen molar-refractivity contribution in [3.05, 3.63) is 71.3 Å². The smallest absolute Gasteiger partial charge is 0.335 e. The third-order valence-corrected chi connectivity index (χ3v) is 5.08. The summed E-state index contributed by atoms with van der Waals surface area (Å²) in [7, 11) is 0. The minimum atomic E-state index is -0.909. The number of allylic oxidation sites excluding steroid dienone is 5. The number of carboxylic acids is 1. The van der Waals surface area contributed by atoms with Crippen LogP contribution in [-0.4, -0.2) is 11.1 Å². The minimum absolute atomic E-state index is 0.0850. The van der Waals surface area contributed by atoms with E-state index in [1.54, 1.807) is 12.1 Å². The highest BCUT2D eigenvalue weighted by molar-refractivity contribution is 5.87. The fourth-order valence-corrected chi connectivity index (χ4v) is 3.74. The Kier molecular flexibility index (Phi) is 9.08. The predicted molar refractivity (Wildman–Crippen MR) is 110 cm³/mol. The molecule has 1 saturated carbocycles. The van der Waals surface area contributed by atoms with Crippen molar-refractivity contribution in [1.29, 1.82) is 0 Å². The topological polar surface area (TPSA) is 63.3 Å². The Morgan fingerprint density at radius 3 is 2.38 bits per heavy atom.